The quantitative estimate of drug-likeness (QED) is 0.699. The molecular formula is C17H23N5. The third-order valence-corrected chi connectivity index (χ3v) is 4.05. The van der Waals surface area contributed by atoms with E-state index in [1.54, 1.807) is 0 Å². The molecule has 0 saturated carbocycles. The molecule has 0 spiro atoms. The standard InChI is InChI=1S/C17H23N5/c1-14-6-5-10-21(13-14)17(18)19-12-15-9-11-22(20-15)16-7-3-2-4-8-16/h2-4,7-9,11,14H,5-6,10,12-13H2,1H3,(H2,18,19). The Hall–Kier alpha value is -2.30. The van der Waals surface area contributed by atoms with Gasteiger partial charge < -0.3 is 10.6 Å². The van der Waals surface area contributed by atoms with Gasteiger partial charge in [-0.05, 0) is 37.0 Å². The van der Waals surface area contributed by atoms with Gasteiger partial charge in [-0.3, -0.25) is 0 Å². The molecule has 5 nitrogen and oxygen atoms in total. The van der Waals surface area contributed by atoms with E-state index < -0.39 is 0 Å². The van der Waals surface area contributed by atoms with Crippen LogP contribution in [0.25, 0.3) is 5.69 Å². The van der Waals surface area contributed by atoms with E-state index in [0.717, 1.165) is 24.5 Å². The number of benzene rings is 1. The zero-order chi connectivity index (χ0) is 15.4. The van der Waals surface area contributed by atoms with Crippen LogP contribution in [0.5, 0.6) is 0 Å². The van der Waals surface area contributed by atoms with E-state index in [0.29, 0.717) is 18.4 Å². The van der Waals surface area contributed by atoms with Crippen LogP contribution in [0.15, 0.2) is 47.6 Å². The highest BCUT2D eigenvalue weighted by Crippen LogP contribution is 2.15. The Morgan fingerprint density at radius 2 is 2.14 bits per heavy atom. The number of nitrogens with zero attached hydrogens (tertiary/aromatic N) is 4. The molecule has 2 heterocycles. The molecule has 22 heavy (non-hydrogen) atoms. The first-order valence-corrected chi connectivity index (χ1v) is 7.87. The molecular weight excluding hydrogens is 274 g/mol. The molecule has 5 heteroatoms. The Labute approximate surface area is 131 Å². The van der Waals surface area contributed by atoms with E-state index in [9.17, 15) is 0 Å². The van der Waals surface area contributed by atoms with Crippen molar-refractivity contribution < 1.29 is 0 Å². The Morgan fingerprint density at radius 3 is 2.91 bits per heavy atom. The second kappa shape index (κ2) is 6.64. The van der Waals surface area contributed by atoms with Crippen molar-refractivity contribution in [3.8, 4) is 5.69 Å². The molecule has 2 aromatic rings. The van der Waals surface area contributed by atoms with Crippen molar-refractivity contribution in [2.45, 2.75) is 26.3 Å². The van der Waals surface area contributed by atoms with Gasteiger partial charge in [-0.1, -0.05) is 25.1 Å². The fourth-order valence-electron chi connectivity index (χ4n) is 2.83. The van der Waals surface area contributed by atoms with Crippen molar-refractivity contribution in [3.63, 3.8) is 0 Å². The van der Waals surface area contributed by atoms with Crippen LogP contribution in [0, 0.1) is 5.92 Å². The number of nitrogens with two attached hydrogens (primary N) is 1. The molecule has 116 valence electrons. The van der Waals surface area contributed by atoms with Crippen LogP contribution >= 0.6 is 0 Å². The summed E-state index contributed by atoms with van der Waals surface area (Å²) in [6, 6.07) is 12.1. The average Bonchev–Trinajstić information content (AvgIpc) is 3.02. The Morgan fingerprint density at radius 1 is 1.32 bits per heavy atom. The summed E-state index contributed by atoms with van der Waals surface area (Å²) in [6.45, 7) is 4.81. The maximum absolute atomic E-state index is 6.12. The molecule has 1 saturated heterocycles. The summed E-state index contributed by atoms with van der Waals surface area (Å²) in [5, 5.41) is 4.55. The number of aromatic nitrogens is 2. The molecule has 1 aliphatic rings. The normalized spacial score (nSPS) is 19.4. The number of rotatable bonds is 3. The molecule has 0 bridgehead atoms. The van der Waals surface area contributed by atoms with Crippen molar-refractivity contribution in [2.24, 2.45) is 16.6 Å². The number of piperidine rings is 1. The van der Waals surface area contributed by atoms with Gasteiger partial charge in [-0.2, -0.15) is 5.10 Å². The molecule has 0 aliphatic carbocycles. The maximum Gasteiger partial charge on any atom is 0.191 e. The van der Waals surface area contributed by atoms with Crippen molar-refractivity contribution in [2.75, 3.05) is 13.1 Å². The number of aliphatic imine (C=N–C) groups is 1. The molecule has 2 N–H and O–H groups in total. The van der Waals surface area contributed by atoms with Gasteiger partial charge in [0, 0.05) is 19.3 Å². The summed E-state index contributed by atoms with van der Waals surface area (Å²) < 4.78 is 1.87. The number of guanidine groups is 1. The molecule has 1 atom stereocenters. The lowest BCUT2D eigenvalue weighted by Crippen LogP contribution is -2.43. The fraction of sp³-hybridized carbons (Fsp3) is 0.412. The number of hydrogen-bond donors (Lipinski definition) is 1. The maximum atomic E-state index is 6.12. The first kappa shape index (κ1) is 14.6. The molecule has 0 radical (unpaired) electrons. The van der Waals surface area contributed by atoms with E-state index in [1.165, 1.54) is 12.8 Å². The Bertz CT molecular complexity index is 632. The second-order valence-corrected chi connectivity index (χ2v) is 5.96. The molecule has 1 aliphatic heterocycles. The van der Waals surface area contributed by atoms with Gasteiger partial charge in [0.05, 0.1) is 17.9 Å². The highest BCUT2D eigenvalue weighted by atomic mass is 15.3. The van der Waals surface area contributed by atoms with Crippen LogP contribution in [0.3, 0.4) is 0 Å². The lowest BCUT2D eigenvalue weighted by atomic mass is 10.0. The van der Waals surface area contributed by atoms with Gasteiger partial charge in [0.15, 0.2) is 5.96 Å². The summed E-state index contributed by atoms with van der Waals surface area (Å²) in [5.74, 6) is 1.33. The minimum atomic E-state index is 0.524. The second-order valence-electron chi connectivity index (χ2n) is 5.96. The molecule has 1 fully saturated rings. The number of likely N-dealkylation sites (tertiary alicyclic amines) is 1. The fourth-order valence-corrected chi connectivity index (χ4v) is 2.83. The third kappa shape index (κ3) is 3.47. The van der Waals surface area contributed by atoms with E-state index >= 15 is 0 Å². The third-order valence-electron chi connectivity index (χ3n) is 4.05. The summed E-state index contributed by atoms with van der Waals surface area (Å²) in [4.78, 5) is 6.69. The van der Waals surface area contributed by atoms with E-state index in [1.807, 2.05) is 47.3 Å². The van der Waals surface area contributed by atoms with Crippen LogP contribution in [0.4, 0.5) is 0 Å². The summed E-state index contributed by atoms with van der Waals surface area (Å²) in [7, 11) is 0. The minimum absolute atomic E-state index is 0.524. The highest BCUT2D eigenvalue weighted by molar-refractivity contribution is 5.78. The van der Waals surface area contributed by atoms with Gasteiger partial charge >= 0.3 is 0 Å². The van der Waals surface area contributed by atoms with Gasteiger partial charge in [0.25, 0.3) is 0 Å². The number of para-hydroxylation sites is 1. The van der Waals surface area contributed by atoms with Gasteiger partial charge in [0.1, 0.15) is 0 Å². The smallest absolute Gasteiger partial charge is 0.191 e. The lowest BCUT2D eigenvalue weighted by Gasteiger charge is -2.31. The summed E-state index contributed by atoms with van der Waals surface area (Å²) in [6.07, 6.45) is 4.44. The first-order valence-electron chi connectivity index (χ1n) is 7.87. The van der Waals surface area contributed by atoms with Gasteiger partial charge in [0.2, 0.25) is 0 Å². The van der Waals surface area contributed by atoms with Crippen molar-refractivity contribution in [3.05, 3.63) is 48.3 Å². The monoisotopic (exact) mass is 297 g/mol. The summed E-state index contributed by atoms with van der Waals surface area (Å²) >= 11 is 0. The molecule has 3 rings (SSSR count). The highest BCUT2D eigenvalue weighted by Gasteiger charge is 2.17. The van der Waals surface area contributed by atoms with Crippen molar-refractivity contribution in [1.82, 2.24) is 14.7 Å². The lowest BCUT2D eigenvalue weighted by molar-refractivity contribution is 0.270. The van der Waals surface area contributed by atoms with Crippen LogP contribution in [-0.4, -0.2) is 33.7 Å². The van der Waals surface area contributed by atoms with Crippen molar-refractivity contribution >= 4 is 5.96 Å². The van der Waals surface area contributed by atoms with Crippen molar-refractivity contribution in [1.29, 1.82) is 0 Å². The summed E-state index contributed by atoms with van der Waals surface area (Å²) in [5.41, 5.74) is 8.10. The van der Waals surface area contributed by atoms with E-state index in [4.69, 9.17) is 5.73 Å². The predicted molar refractivity (Wildman–Crippen MR) is 88.9 cm³/mol. The van der Waals surface area contributed by atoms with Gasteiger partial charge in [-0.15, -0.1) is 0 Å². The minimum Gasteiger partial charge on any atom is -0.370 e. The van der Waals surface area contributed by atoms with E-state index in [-0.39, 0.29) is 0 Å². The van der Waals surface area contributed by atoms with Crippen LogP contribution < -0.4 is 5.73 Å². The SMILES string of the molecule is CC1CCCN(C(N)=NCc2ccn(-c3ccccc3)n2)C1. The Kier molecular flexibility index (Phi) is 4.42. The molecule has 1 aromatic heterocycles. The predicted octanol–water partition coefficient (Wildman–Crippen LogP) is 2.42. The molecule has 0 amide bonds. The Balaban J connectivity index is 1.64. The zero-order valence-corrected chi connectivity index (χ0v) is 13.0. The van der Waals surface area contributed by atoms with Gasteiger partial charge in [-0.25, -0.2) is 9.67 Å². The molecule has 1 unspecified atom stereocenters. The first-order chi connectivity index (χ1) is 10.7. The largest absolute Gasteiger partial charge is 0.370 e. The average molecular weight is 297 g/mol. The van der Waals surface area contributed by atoms with Crippen LogP contribution in [0.2, 0.25) is 0 Å². The number of hydrogen-bond acceptors (Lipinski definition) is 2. The molecule has 1 aromatic carbocycles. The topological polar surface area (TPSA) is 59.4 Å². The zero-order valence-electron chi connectivity index (χ0n) is 13.0. The van der Waals surface area contributed by atoms with E-state index in [2.05, 4.69) is 21.9 Å². The van der Waals surface area contributed by atoms with Crippen LogP contribution in [-0.2, 0) is 6.54 Å². The van der Waals surface area contributed by atoms with Crippen LogP contribution in [0.1, 0.15) is 25.5 Å².